The predicted molar refractivity (Wildman–Crippen MR) is 78.0 cm³/mol. The molecule has 1 saturated carbocycles. The minimum Gasteiger partial charge on any atom is -0.335 e. The van der Waals surface area contributed by atoms with Crippen molar-refractivity contribution in [1.29, 1.82) is 0 Å². The van der Waals surface area contributed by atoms with Gasteiger partial charge < -0.3 is 10.2 Å². The average Bonchev–Trinajstić information content (AvgIpc) is 3.31. The first kappa shape index (κ1) is 13.6. The number of carbonyl (C=O) groups is 1. The topological polar surface area (TPSA) is 45.2 Å². The smallest absolute Gasteiger partial charge is 0.223 e. The second kappa shape index (κ2) is 6.35. The van der Waals surface area contributed by atoms with E-state index in [1.165, 1.54) is 12.8 Å². The summed E-state index contributed by atoms with van der Waals surface area (Å²) in [6.45, 7) is 2.82. The molecule has 1 atom stereocenters. The third-order valence-electron chi connectivity index (χ3n) is 4.25. The van der Waals surface area contributed by atoms with Crippen molar-refractivity contribution in [3.05, 3.63) is 30.1 Å². The molecule has 2 aliphatic rings. The summed E-state index contributed by atoms with van der Waals surface area (Å²) >= 11 is 0. The molecule has 0 bridgehead atoms. The van der Waals surface area contributed by atoms with Gasteiger partial charge in [-0.2, -0.15) is 0 Å². The summed E-state index contributed by atoms with van der Waals surface area (Å²) in [5.74, 6) is 0.844. The second-order valence-corrected chi connectivity index (χ2v) is 6.03. The van der Waals surface area contributed by atoms with Crippen LogP contribution in [0.1, 0.15) is 37.7 Å². The summed E-state index contributed by atoms with van der Waals surface area (Å²) < 4.78 is 0. The van der Waals surface area contributed by atoms with Crippen molar-refractivity contribution in [2.24, 2.45) is 5.92 Å². The maximum absolute atomic E-state index is 12.6. The summed E-state index contributed by atoms with van der Waals surface area (Å²) in [5, 5.41) is 3.39. The quantitative estimate of drug-likeness (QED) is 0.892. The van der Waals surface area contributed by atoms with Gasteiger partial charge in [-0.15, -0.1) is 0 Å². The van der Waals surface area contributed by atoms with Crippen LogP contribution < -0.4 is 5.32 Å². The molecule has 108 valence electrons. The molecule has 3 rings (SSSR count). The van der Waals surface area contributed by atoms with E-state index >= 15 is 0 Å². The molecule has 20 heavy (non-hydrogen) atoms. The van der Waals surface area contributed by atoms with E-state index in [0.29, 0.717) is 24.3 Å². The zero-order chi connectivity index (χ0) is 13.8. The molecule has 1 N–H and O–H groups in total. The van der Waals surface area contributed by atoms with Gasteiger partial charge in [0.25, 0.3) is 0 Å². The van der Waals surface area contributed by atoms with E-state index in [1.807, 2.05) is 12.3 Å². The molecular formula is C16H23N3O. The van der Waals surface area contributed by atoms with Gasteiger partial charge in [0.05, 0.1) is 0 Å². The molecule has 1 aliphatic heterocycles. The minimum absolute atomic E-state index is 0.324. The Morgan fingerprint density at radius 2 is 2.30 bits per heavy atom. The van der Waals surface area contributed by atoms with E-state index in [1.54, 1.807) is 6.20 Å². The lowest BCUT2D eigenvalue weighted by molar-refractivity contribution is -0.133. The maximum Gasteiger partial charge on any atom is 0.223 e. The highest BCUT2D eigenvalue weighted by Gasteiger charge is 2.33. The standard InChI is InChI=1S/C16H23N3O/c20-16(9-13-3-1-7-17-10-13)19(15-5-6-15)12-14-4-2-8-18-11-14/h2,4,8,11,13,15,17H,1,3,5-7,9-10,12H2. The molecule has 2 fully saturated rings. The number of amides is 1. The first-order chi connectivity index (χ1) is 9.83. The van der Waals surface area contributed by atoms with E-state index in [4.69, 9.17) is 0 Å². The van der Waals surface area contributed by atoms with Crippen LogP contribution in [0.4, 0.5) is 0 Å². The van der Waals surface area contributed by atoms with E-state index < -0.39 is 0 Å². The van der Waals surface area contributed by atoms with Gasteiger partial charge in [-0.25, -0.2) is 0 Å². The van der Waals surface area contributed by atoms with Crippen LogP contribution in [-0.4, -0.2) is 34.9 Å². The fourth-order valence-electron chi connectivity index (χ4n) is 2.96. The molecule has 1 unspecified atom stereocenters. The molecular weight excluding hydrogens is 250 g/mol. The molecule has 0 aromatic carbocycles. The normalized spacial score (nSPS) is 22.5. The van der Waals surface area contributed by atoms with Crippen molar-refractivity contribution < 1.29 is 4.79 Å². The van der Waals surface area contributed by atoms with Gasteiger partial charge in [0.2, 0.25) is 5.91 Å². The van der Waals surface area contributed by atoms with Gasteiger partial charge in [0.15, 0.2) is 0 Å². The van der Waals surface area contributed by atoms with Crippen LogP contribution in [0.5, 0.6) is 0 Å². The summed E-state index contributed by atoms with van der Waals surface area (Å²) in [6, 6.07) is 4.47. The number of nitrogens with zero attached hydrogens (tertiary/aromatic N) is 2. The number of hydrogen-bond donors (Lipinski definition) is 1. The Balaban J connectivity index is 1.59. The van der Waals surface area contributed by atoms with Crippen molar-refractivity contribution >= 4 is 5.91 Å². The summed E-state index contributed by atoms with van der Waals surface area (Å²) in [7, 11) is 0. The molecule has 4 heteroatoms. The highest BCUT2D eigenvalue weighted by atomic mass is 16.2. The number of pyridine rings is 1. The lowest BCUT2D eigenvalue weighted by atomic mass is 9.95. The van der Waals surface area contributed by atoms with Gasteiger partial charge in [-0.3, -0.25) is 9.78 Å². The van der Waals surface area contributed by atoms with Crippen LogP contribution >= 0.6 is 0 Å². The van der Waals surface area contributed by atoms with Crippen LogP contribution in [0.25, 0.3) is 0 Å². The van der Waals surface area contributed by atoms with Crippen molar-refractivity contribution in [2.75, 3.05) is 13.1 Å². The molecule has 1 aromatic heterocycles. The largest absolute Gasteiger partial charge is 0.335 e. The lowest BCUT2D eigenvalue weighted by Gasteiger charge is -2.27. The van der Waals surface area contributed by atoms with E-state index in [9.17, 15) is 4.79 Å². The Labute approximate surface area is 120 Å². The van der Waals surface area contributed by atoms with Crippen molar-refractivity contribution in [3.63, 3.8) is 0 Å². The van der Waals surface area contributed by atoms with E-state index in [0.717, 1.165) is 38.0 Å². The number of aromatic nitrogens is 1. The predicted octanol–water partition coefficient (Wildman–Crippen LogP) is 1.96. The van der Waals surface area contributed by atoms with Crippen LogP contribution in [0.3, 0.4) is 0 Å². The molecule has 1 saturated heterocycles. The maximum atomic E-state index is 12.6. The Morgan fingerprint density at radius 1 is 1.40 bits per heavy atom. The third-order valence-corrected chi connectivity index (χ3v) is 4.25. The number of rotatable bonds is 5. The number of nitrogens with one attached hydrogen (secondary N) is 1. The van der Waals surface area contributed by atoms with E-state index in [-0.39, 0.29) is 0 Å². The molecule has 0 spiro atoms. The average molecular weight is 273 g/mol. The Bertz CT molecular complexity index is 438. The van der Waals surface area contributed by atoms with Gasteiger partial charge in [-0.1, -0.05) is 6.07 Å². The minimum atomic E-state index is 0.324. The Hall–Kier alpha value is -1.42. The Kier molecular flexibility index (Phi) is 4.31. The fraction of sp³-hybridized carbons (Fsp3) is 0.625. The van der Waals surface area contributed by atoms with Crippen molar-refractivity contribution in [3.8, 4) is 0 Å². The summed E-state index contributed by atoms with van der Waals surface area (Å²) in [5.41, 5.74) is 1.13. The zero-order valence-electron chi connectivity index (χ0n) is 11.9. The van der Waals surface area contributed by atoms with Gasteiger partial charge in [0.1, 0.15) is 0 Å². The molecule has 0 radical (unpaired) electrons. The van der Waals surface area contributed by atoms with Crippen molar-refractivity contribution in [2.45, 2.75) is 44.7 Å². The fourth-order valence-corrected chi connectivity index (χ4v) is 2.96. The molecule has 1 aliphatic carbocycles. The number of piperidine rings is 1. The first-order valence-corrected chi connectivity index (χ1v) is 7.72. The van der Waals surface area contributed by atoms with Crippen LogP contribution in [0.15, 0.2) is 24.5 Å². The van der Waals surface area contributed by atoms with Crippen molar-refractivity contribution in [1.82, 2.24) is 15.2 Å². The first-order valence-electron chi connectivity index (χ1n) is 7.72. The monoisotopic (exact) mass is 273 g/mol. The summed E-state index contributed by atoms with van der Waals surface area (Å²) in [4.78, 5) is 18.8. The van der Waals surface area contributed by atoms with E-state index in [2.05, 4.69) is 21.3 Å². The number of carbonyl (C=O) groups excluding carboxylic acids is 1. The van der Waals surface area contributed by atoms with Crippen LogP contribution in [0.2, 0.25) is 0 Å². The van der Waals surface area contributed by atoms with Gasteiger partial charge in [0, 0.05) is 31.4 Å². The molecule has 2 heterocycles. The van der Waals surface area contributed by atoms with Gasteiger partial charge >= 0.3 is 0 Å². The van der Waals surface area contributed by atoms with Crippen LogP contribution in [-0.2, 0) is 11.3 Å². The third kappa shape index (κ3) is 3.57. The van der Waals surface area contributed by atoms with Gasteiger partial charge in [-0.05, 0) is 56.3 Å². The highest BCUT2D eigenvalue weighted by molar-refractivity contribution is 5.77. The second-order valence-electron chi connectivity index (χ2n) is 6.03. The SMILES string of the molecule is O=C(CC1CCCNC1)N(Cc1cccnc1)C1CC1. The molecule has 1 amide bonds. The lowest BCUT2D eigenvalue weighted by Crippen LogP contribution is -2.37. The highest BCUT2D eigenvalue weighted by Crippen LogP contribution is 2.30. The zero-order valence-corrected chi connectivity index (χ0v) is 11.9. The Morgan fingerprint density at radius 3 is 2.95 bits per heavy atom. The summed E-state index contributed by atoms with van der Waals surface area (Å²) in [6.07, 6.45) is 9.05. The number of hydrogen-bond acceptors (Lipinski definition) is 3. The molecule has 4 nitrogen and oxygen atoms in total. The molecule has 1 aromatic rings. The van der Waals surface area contributed by atoms with Crippen LogP contribution in [0, 0.1) is 5.92 Å².